The summed E-state index contributed by atoms with van der Waals surface area (Å²) in [6, 6.07) is 10.4. The molecule has 130 valence electrons. The fourth-order valence-corrected chi connectivity index (χ4v) is 3.44. The van der Waals surface area contributed by atoms with Crippen LogP contribution in [0, 0.1) is 13.8 Å². The average molecular weight is 353 g/mol. The van der Waals surface area contributed by atoms with Crippen LogP contribution >= 0.6 is 11.6 Å². The second-order valence-corrected chi connectivity index (χ2v) is 7.86. The zero-order valence-electron chi connectivity index (χ0n) is 15.8. The van der Waals surface area contributed by atoms with E-state index in [-0.39, 0.29) is 5.54 Å². The third-order valence-corrected chi connectivity index (χ3v) is 5.51. The molecule has 0 bridgehead atoms. The van der Waals surface area contributed by atoms with Crippen molar-refractivity contribution in [1.29, 1.82) is 0 Å². The number of aliphatic imine (C=N–C) groups is 1. The minimum absolute atomic E-state index is 0.0184. The third kappa shape index (κ3) is 3.36. The van der Waals surface area contributed by atoms with Crippen LogP contribution in [0.5, 0.6) is 0 Å². The highest BCUT2D eigenvalue weighted by atomic mass is 35.5. The van der Waals surface area contributed by atoms with Crippen molar-refractivity contribution in [2.45, 2.75) is 40.2 Å². The van der Waals surface area contributed by atoms with E-state index in [2.05, 4.69) is 81.9 Å². The van der Waals surface area contributed by atoms with Gasteiger partial charge < -0.3 is 4.90 Å². The van der Waals surface area contributed by atoms with Crippen molar-refractivity contribution >= 4 is 34.8 Å². The summed E-state index contributed by atoms with van der Waals surface area (Å²) in [5.41, 5.74) is 8.05. The molecule has 0 radical (unpaired) electrons. The lowest BCUT2D eigenvalue weighted by Crippen LogP contribution is -2.42. The van der Waals surface area contributed by atoms with E-state index in [0.29, 0.717) is 0 Å². The summed E-state index contributed by atoms with van der Waals surface area (Å²) >= 11 is 6.55. The zero-order chi connectivity index (χ0) is 18.4. The molecule has 3 rings (SSSR count). The quantitative estimate of drug-likeness (QED) is 0.576. The Morgan fingerprint density at radius 1 is 1.04 bits per heavy atom. The van der Waals surface area contributed by atoms with E-state index in [0.717, 1.165) is 16.3 Å². The predicted molar refractivity (Wildman–Crippen MR) is 111 cm³/mol. The minimum atomic E-state index is -0.0184. The Labute approximate surface area is 155 Å². The molecule has 0 saturated heterocycles. The molecule has 0 N–H and O–H groups in total. The van der Waals surface area contributed by atoms with Crippen LogP contribution in [-0.4, -0.2) is 18.8 Å². The highest BCUT2D eigenvalue weighted by molar-refractivity contribution is 6.33. The summed E-state index contributed by atoms with van der Waals surface area (Å²) in [6.07, 6.45) is 4.16. The van der Waals surface area contributed by atoms with Gasteiger partial charge in [-0.1, -0.05) is 23.7 Å². The first-order chi connectivity index (χ1) is 11.7. The van der Waals surface area contributed by atoms with Gasteiger partial charge in [0.15, 0.2) is 0 Å². The van der Waals surface area contributed by atoms with Crippen LogP contribution in [0.15, 0.2) is 41.4 Å². The van der Waals surface area contributed by atoms with Gasteiger partial charge in [0, 0.05) is 30.1 Å². The van der Waals surface area contributed by atoms with Crippen LogP contribution in [-0.2, 0) is 0 Å². The molecule has 0 saturated carbocycles. The fraction of sp³-hybridized carbons (Fsp3) is 0.318. The lowest BCUT2D eigenvalue weighted by Gasteiger charge is -2.40. The maximum atomic E-state index is 6.55. The summed E-state index contributed by atoms with van der Waals surface area (Å²) in [6.45, 7) is 10.8. The van der Waals surface area contributed by atoms with Crippen molar-refractivity contribution in [2.75, 3.05) is 11.9 Å². The molecular weight excluding hydrogens is 328 g/mol. The van der Waals surface area contributed by atoms with Crippen molar-refractivity contribution < 1.29 is 0 Å². The molecule has 2 nitrogen and oxygen atoms in total. The zero-order valence-corrected chi connectivity index (χ0v) is 16.6. The lowest BCUT2D eigenvalue weighted by molar-refractivity contribution is 0.598. The van der Waals surface area contributed by atoms with Gasteiger partial charge in [0.05, 0.1) is 16.2 Å². The molecule has 3 heteroatoms. The lowest BCUT2D eigenvalue weighted by atomic mass is 9.88. The molecule has 2 aromatic carbocycles. The van der Waals surface area contributed by atoms with Crippen molar-refractivity contribution in [3.05, 3.63) is 63.7 Å². The fourth-order valence-electron chi connectivity index (χ4n) is 3.24. The number of benzene rings is 2. The van der Waals surface area contributed by atoms with Gasteiger partial charge in [0.1, 0.15) is 0 Å². The summed E-state index contributed by atoms with van der Waals surface area (Å²) in [7, 11) is 2.11. The first kappa shape index (κ1) is 17.8. The van der Waals surface area contributed by atoms with Crippen LogP contribution in [0.1, 0.15) is 43.0 Å². The molecule has 1 aliphatic rings. The second kappa shape index (κ2) is 6.34. The number of hydrogen-bond acceptors (Lipinski definition) is 2. The Bertz CT molecular complexity index is 891. The van der Waals surface area contributed by atoms with E-state index in [1.807, 2.05) is 12.3 Å². The average Bonchev–Trinajstić information content (AvgIpc) is 2.54. The summed E-state index contributed by atoms with van der Waals surface area (Å²) < 4.78 is 0. The molecular formula is C22H25ClN2. The molecule has 1 aliphatic heterocycles. The summed E-state index contributed by atoms with van der Waals surface area (Å²) in [5.74, 6) is 0. The number of halogens is 1. The SMILES string of the molecule is CC1=CC(C)(C)N(C)c2cc(Cl)c(C=Nc3ccc(C)c(C)c3)cc21. The number of rotatable bonds is 2. The number of hydrogen-bond donors (Lipinski definition) is 0. The first-order valence-corrected chi connectivity index (χ1v) is 8.95. The summed E-state index contributed by atoms with van der Waals surface area (Å²) in [4.78, 5) is 6.89. The molecule has 25 heavy (non-hydrogen) atoms. The molecule has 0 unspecified atom stereocenters. The Kier molecular flexibility index (Phi) is 4.51. The number of fused-ring (bicyclic) bond motifs is 1. The van der Waals surface area contributed by atoms with E-state index >= 15 is 0 Å². The molecule has 0 amide bonds. The molecule has 0 atom stereocenters. The Balaban J connectivity index is 2.01. The van der Waals surface area contributed by atoms with Gasteiger partial charge in [-0.15, -0.1) is 0 Å². The number of likely N-dealkylation sites (N-methyl/N-ethyl adjacent to an activating group) is 1. The van der Waals surface area contributed by atoms with Gasteiger partial charge in [0.25, 0.3) is 0 Å². The van der Waals surface area contributed by atoms with Crippen LogP contribution in [0.2, 0.25) is 5.02 Å². The number of aryl methyl sites for hydroxylation is 2. The molecule has 1 heterocycles. The van der Waals surface area contributed by atoms with Crippen LogP contribution in [0.3, 0.4) is 0 Å². The van der Waals surface area contributed by atoms with Crippen LogP contribution < -0.4 is 4.90 Å². The standard InChI is InChI=1S/C22H25ClN2/c1-14-7-8-18(9-15(14)2)24-13-17-10-19-16(3)12-22(4,5)25(6)21(19)11-20(17)23/h7-13H,1-6H3. The van der Waals surface area contributed by atoms with Gasteiger partial charge in [-0.05, 0) is 75.6 Å². The van der Waals surface area contributed by atoms with Crippen molar-refractivity contribution in [3.63, 3.8) is 0 Å². The Morgan fingerprint density at radius 3 is 2.44 bits per heavy atom. The summed E-state index contributed by atoms with van der Waals surface area (Å²) in [5, 5.41) is 0.726. The van der Waals surface area contributed by atoms with Crippen molar-refractivity contribution in [2.24, 2.45) is 4.99 Å². The third-order valence-electron chi connectivity index (χ3n) is 5.18. The normalized spacial score (nSPS) is 16.1. The maximum Gasteiger partial charge on any atom is 0.0632 e. The number of anilines is 1. The topological polar surface area (TPSA) is 15.6 Å². The number of allylic oxidation sites excluding steroid dienone is 1. The molecule has 0 aromatic heterocycles. The van der Waals surface area contributed by atoms with Gasteiger partial charge in [-0.3, -0.25) is 4.99 Å². The minimum Gasteiger partial charge on any atom is -0.365 e. The Hall–Kier alpha value is -2.06. The monoisotopic (exact) mass is 352 g/mol. The maximum absolute atomic E-state index is 6.55. The molecule has 0 aliphatic carbocycles. The molecule has 0 spiro atoms. The van der Waals surface area contributed by atoms with Gasteiger partial charge in [0.2, 0.25) is 0 Å². The Morgan fingerprint density at radius 2 is 1.76 bits per heavy atom. The van der Waals surface area contributed by atoms with Gasteiger partial charge in [-0.2, -0.15) is 0 Å². The smallest absolute Gasteiger partial charge is 0.0632 e. The van der Waals surface area contributed by atoms with E-state index in [4.69, 9.17) is 11.6 Å². The first-order valence-electron chi connectivity index (χ1n) is 8.57. The van der Waals surface area contributed by atoms with Crippen molar-refractivity contribution in [3.8, 4) is 0 Å². The number of nitrogens with zero attached hydrogens (tertiary/aromatic N) is 2. The molecule has 2 aromatic rings. The van der Waals surface area contributed by atoms with E-state index in [1.54, 1.807) is 0 Å². The van der Waals surface area contributed by atoms with Gasteiger partial charge >= 0.3 is 0 Å². The van der Waals surface area contributed by atoms with E-state index < -0.39 is 0 Å². The van der Waals surface area contributed by atoms with Crippen LogP contribution in [0.4, 0.5) is 11.4 Å². The molecule has 0 fully saturated rings. The highest BCUT2D eigenvalue weighted by Crippen LogP contribution is 2.40. The largest absolute Gasteiger partial charge is 0.365 e. The van der Waals surface area contributed by atoms with Crippen molar-refractivity contribution in [1.82, 2.24) is 0 Å². The van der Waals surface area contributed by atoms with E-state index in [1.165, 1.54) is 28.0 Å². The van der Waals surface area contributed by atoms with Gasteiger partial charge in [-0.25, -0.2) is 0 Å². The second-order valence-electron chi connectivity index (χ2n) is 7.46. The predicted octanol–water partition coefficient (Wildman–Crippen LogP) is 6.34. The van der Waals surface area contributed by atoms with E-state index in [9.17, 15) is 0 Å². The highest BCUT2D eigenvalue weighted by Gasteiger charge is 2.29. The van der Waals surface area contributed by atoms with Crippen LogP contribution in [0.25, 0.3) is 5.57 Å².